The third-order valence-corrected chi connectivity index (χ3v) is 6.32. The molecule has 5 rings (SSSR count). The second-order valence-corrected chi connectivity index (χ2v) is 8.84. The normalized spacial score (nSPS) is 44.2. The molecule has 114 valence electrons. The van der Waals surface area contributed by atoms with E-state index in [1.165, 1.54) is 25.7 Å². The van der Waals surface area contributed by atoms with Crippen molar-refractivity contribution < 1.29 is 0 Å². The molecule has 1 heterocycles. The van der Waals surface area contributed by atoms with Crippen molar-refractivity contribution in [2.24, 2.45) is 16.7 Å². The second kappa shape index (κ2) is 3.71. The summed E-state index contributed by atoms with van der Waals surface area (Å²) in [5.41, 5.74) is 7.32. The van der Waals surface area contributed by atoms with Gasteiger partial charge in [0.15, 0.2) is 0 Å². The van der Waals surface area contributed by atoms with Crippen molar-refractivity contribution in [3.05, 3.63) is 21.7 Å². The Hall–Kier alpha value is -1.32. The summed E-state index contributed by atoms with van der Waals surface area (Å²) >= 11 is 0. The molecule has 2 unspecified atom stereocenters. The van der Waals surface area contributed by atoms with Gasteiger partial charge in [0.1, 0.15) is 11.6 Å². The average Bonchev–Trinajstić information content (AvgIpc) is 2.30. The van der Waals surface area contributed by atoms with Crippen LogP contribution >= 0.6 is 0 Å². The molecule has 0 aliphatic heterocycles. The Morgan fingerprint density at radius 1 is 1.14 bits per heavy atom. The molecule has 4 nitrogen and oxygen atoms in total. The van der Waals surface area contributed by atoms with Crippen LogP contribution in [0.2, 0.25) is 0 Å². The summed E-state index contributed by atoms with van der Waals surface area (Å²) in [5, 5.41) is 0. The highest BCUT2D eigenvalue weighted by atomic mass is 16.1. The number of hydrogen-bond acceptors (Lipinski definition) is 3. The largest absolute Gasteiger partial charge is 0.383 e. The molecule has 1 aromatic rings. The molecule has 4 bridgehead atoms. The van der Waals surface area contributed by atoms with E-state index in [0.717, 1.165) is 24.6 Å². The van der Waals surface area contributed by atoms with Crippen LogP contribution in [0.25, 0.3) is 0 Å². The summed E-state index contributed by atoms with van der Waals surface area (Å²) in [6.07, 6.45) is 7.48. The van der Waals surface area contributed by atoms with Crippen molar-refractivity contribution in [2.45, 2.75) is 64.7 Å². The zero-order chi connectivity index (χ0) is 15.0. The lowest BCUT2D eigenvalue weighted by molar-refractivity contribution is -0.112. The number of anilines is 1. The van der Waals surface area contributed by atoms with Crippen molar-refractivity contribution in [3.8, 4) is 0 Å². The highest BCUT2D eigenvalue weighted by molar-refractivity contribution is 5.38. The number of H-pyrrole nitrogens is 1. The molecule has 4 aliphatic rings. The van der Waals surface area contributed by atoms with Gasteiger partial charge in [0, 0.05) is 5.41 Å². The van der Waals surface area contributed by atoms with Crippen molar-refractivity contribution in [3.63, 3.8) is 0 Å². The first-order chi connectivity index (χ1) is 9.73. The number of nitrogen functional groups attached to an aromatic ring is 1. The molecular weight excluding hydrogens is 262 g/mol. The molecule has 4 aliphatic carbocycles. The van der Waals surface area contributed by atoms with Gasteiger partial charge in [-0.05, 0) is 62.2 Å². The van der Waals surface area contributed by atoms with Crippen LogP contribution in [0.1, 0.15) is 63.8 Å². The van der Waals surface area contributed by atoms with E-state index in [1.54, 1.807) is 6.92 Å². The predicted molar refractivity (Wildman–Crippen MR) is 83.1 cm³/mol. The van der Waals surface area contributed by atoms with E-state index in [1.807, 2.05) is 0 Å². The van der Waals surface area contributed by atoms with E-state index in [0.29, 0.717) is 22.2 Å². The van der Waals surface area contributed by atoms with Crippen molar-refractivity contribution in [1.82, 2.24) is 9.97 Å². The number of aromatic amines is 1. The first-order valence-corrected chi connectivity index (χ1v) is 8.10. The quantitative estimate of drug-likeness (QED) is 0.834. The third-order valence-electron chi connectivity index (χ3n) is 6.32. The maximum Gasteiger partial charge on any atom is 0.255 e. The topological polar surface area (TPSA) is 71.8 Å². The monoisotopic (exact) mass is 287 g/mol. The van der Waals surface area contributed by atoms with E-state index in [-0.39, 0.29) is 11.0 Å². The average molecular weight is 287 g/mol. The number of hydrogen-bond donors (Lipinski definition) is 2. The molecule has 0 saturated heterocycles. The number of nitrogens with zero attached hydrogens (tertiary/aromatic N) is 1. The van der Waals surface area contributed by atoms with Crippen molar-refractivity contribution >= 4 is 5.82 Å². The van der Waals surface area contributed by atoms with Crippen LogP contribution in [-0.4, -0.2) is 9.97 Å². The Kier molecular flexibility index (Phi) is 2.36. The fraction of sp³-hybridized carbons (Fsp3) is 0.765. The van der Waals surface area contributed by atoms with E-state index in [2.05, 4.69) is 23.8 Å². The maximum absolute atomic E-state index is 12.1. The van der Waals surface area contributed by atoms with Crippen LogP contribution in [-0.2, 0) is 5.41 Å². The first-order valence-electron chi connectivity index (χ1n) is 8.10. The highest BCUT2D eigenvalue weighted by Crippen LogP contribution is 2.69. The summed E-state index contributed by atoms with van der Waals surface area (Å²) in [7, 11) is 0. The number of rotatable bonds is 1. The summed E-state index contributed by atoms with van der Waals surface area (Å²) in [6.45, 7) is 6.60. The van der Waals surface area contributed by atoms with Gasteiger partial charge < -0.3 is 10.7 Å². The van der Waals surface area contributed by atoms with Crippen LogP contribution in [0.4, 0.5) is 5.82 Å². The van der Waals surface area contributed by atoms with Crippen LogP contribution in [0.3, 0.4) is 0 Å². The molecule has 0 radical (unpaired) electrons. The zero-order valence-corrected chi connectivity index (χ0v) is 13.3. The number of nitrogens with two attached hydrogens (primary N) is 1. The predicted octanol–water partition coefficient (Wildman–Crippen LogP) is 2.91. The minimum atomic E-state index is -0.0662. The summed E-state index contributed by atoms with van der Waals surface area (Å²) < 4.78 is 0. The Balaban J connectivity index is 1.86. The Morgan fingerprint density at radius 3 is 2.29 bits per heavy atom. The molecule has 4 saturated carbocycles. The molecule has 0 aromatic carbocycles. The molecule has 2 atom stereocenters. The summed E-state index contributed by atoms with van der Waals surface area (Å²) in [4.78, 5) is 19.8. The second-order valence-electron chi connectivity index (χ2n) is 8.84. The van der Waals surface area contributed by atoms with Gasteiger partial charge in [0.25, 0.3) is 5.56 Å². The van der Waals surface area contributed by atoms with E-state index in [9.17, 15) is 4.79 Å². The van der Waals surface area contributed by atoms with Gasteiger partial charge in [-0.15, -0.1) is 0 Å². The molecular formula is C17H25N3O. The van der Waals surface area contributed by atoms with Gasteiger partial charge >= 0.3 is 0 Å². The summed E-state index contributed by atoms with van der Waals surface area (Å²) in [5.74, 6) is 2.04. The van der Waals surface area contributed by atoms with Crippen LogP contribution in [0.5, 0.6) is 0 Å². The van der Waals surface area contributed by atoms with Crippen LogP contribution < -0.4 is 11.3 Å². The number of nitrogens with one attached hydrogen (secondary N) is 1. The Labute approximate surface area is 125 Å². The maximum atomic E-state index is 12.1. The lowest BCUT2D eigenvalue weighted by Crippen LogP contribution is -2.57. The molecule has 4 fully saturated rings. The fourth-order valence-corrected chi connectivity index (χ4v) is 6.51. The fourth-order valence-electron chi connectivity index (χ4n) is 6.51. The van der Waals surface area contributed by atoms with Gasteiger partial charge in [0.2, 0.25) is 0 Å². The van der Waals surface area contributed by atoms with E-state index in [4.69, 9.17) is 5.73 Å². The minimum Gasteiger partial charge on any atom is -0.383 e. The summed E-state index contributed by atoms with van der Waals surface area (Å²) in [6, 6.07) is 0. The van der Waals surface area contributed by atoms with Crippen molar-refractivity contribution in [1.29, 1.82) is 0 Å². The molecule has 0 amide bonds. The zero-order valence-electron chi connectivity index (χ0n) is 13.3. The smallest absolute Gasteiger partial charge is 0.255 e. The van der Waals surface area contributed by atoms with E-state index >= 15 is 0 Å². The Morgan fingerprint density at radius 2 is 1.76 bits per heavy atom. The molecule has 3 N–H and O–H groups in total. The Bertz CT molecular complexity index is 659. The number of aromatic nitrogens is 2. The van der Waals surface area contributed by atoms with Gasteiger partial charge in [0.05, 0.1) is 5.56 Å². The van der Waals surface area contributed by atoms with Crippen LogP contribution in [0, 0.1) is 23.7 Å². The lowest BCUT2D eigenvalue weighted by atomic mass is 9.40. The molecule has 21 heavy (non-hydrogen) atoms. The standard InChI is InChI=1S/C17H25N3O/c1-10-12(18)19-14(20-13(10)21)17-6-11-4-15(2,8-17)7-16(3,5-11)9-17/h11H,4-9H2,1-3H3,(H3,18,19,20,21). The minimum absolute atomic E-state index is 0.0455. The van der Waals surface area contributed by atoms with E-state index < -0.39 is 0 Å². The van der Waals surface area contributed by atoms with Crippen LogP contribution in [0.15, 0.2) is 4.79 Å². The lowest BCUT2D eigenvalue weighted by Gasteiger charge is -2.65. The molecule has 4 heteroatoms. The van der Waals surface area contributed by atoms with Gasteiger partial charge in [-0.2, -0.15) is 0 Å². The molecule has 0 spiro atoms. The third kappa shape index (κ3) is 1.80. The first kappa shape index (κ1) is 13.4. The van der Waals surface area contributed by atoms with Crippen molar-refractivity contribution in [2.75, 3.05) is 5.73 Å². The van der Waals surface area contributed by atoms with Gasteiger partial charge in [-0.3, -0.25) is 4.79 Å². The SMILES string of the molecule is Cc1c(N)nc(C23CC4CC(C)(CC(C)(C4)C2)C3)[nH]c1=O. The van der Waals surface area contributed by atoms with Gasteiger partial charge in [-0.25, -0.2) is 4.98 Å². The van der Waals surface area contributed by atoms with Gasteiger partial charge in [-0.1, -0.05) is 13.8 Å². The highest BCUT2D eigenvalue weighted by Gasteiger charge is 2.61. The molecule has 1 aromatic heterocycles.